The summed E-state index contributed by atoms with van der Waals surface area (Å²) in [7, 11) is 0. The second kappa shape index (κ2) is 8.47. The maximum atomic E-state index is 13.9. The van der Waals surface area contributed by atoms with Gasteiger partial charge in [-0.1, -0.05) is 44.7 Å². The lowest BCUT2D eigenvalue weighted by molar-refractivity contribution is 0.156. The molecule has 2 heteroatoms. The summed E-state index contributed by atoms with van der Waals surface area (Å²) in [6.07, 6.45) is 13.6. The first-order chi connectivity index (χ1) is 11.7. The van der Waals surface area contributed by atoms with Gasteiger partial charge in [-0.3, -0.25) is 0 Å². The van der Waals surface area contributed by atoms with Crippen LogP contribution in [0.5, 0.6) is 0 Å². The quantitative estimate of drug-likeness (QED) is 0.680. The number of aliphatic hydroxyl groups is 1. The summed E-state index contributed by atoms with van der Waals surface area (Å²) >= 11 is 0. The van der Waals surface area contributed by atoms with Crippen LogP contribution in [0, 0.1) is 23.6 Å². The van der Waals surface area contributed by atoms with Gasteiger partial charge in [0.1, 0.15) is 5.82 Å². The normalized spacial score (nSPS) is 31.1. The number of hydrogen-bond acceptors (Lipinski definition) is 1. The van der Waals surface area contributed by atoms with Crippen molar-refractivity contribution >= 4 is 0 Å². The molecule has 2 saturated carbocycles. The summed E-state index contributed by atoms with van der Waals surface area (Å²) in [5, 5.41) is 9.11. The van der Waals surface area contributed by atoms with E-state index in [-0.39, 0.29) is 12.4 Å². The fourth-order valence-corrected chi connectivity index (χ4v) is 5.23. The van der Waals surface area contributed by atoms with Crippen molar-refractivity contribution in [2.24, 2.45) is 17.8 Å². The van der Waals surface area contributed by atoms with Crippen molar-refractivity contribution in [3.05, 3.63) is 35.1 Å². The Labute approximate surface area is 146 Å². The second-order valence-corrected chi connectivity index (χ2v) is 8.19. The molecule has 24 heavy (non-hydrogen) atoms. The molecule has 1 aromatic carbocycles. The Morgan fingerprint density at radius 2 is 1.58 bits per heavy atom. The van der Waals surface area contributed by atoms with E-state index >= 15 is 0 Å². The Hall–Kier alpha value is -0.890. The van der Waals surface area contributed by atoms with E-state index in [4.69, 9.17) is 5.11 Å². The predicted molar refractivity (Wildman–Crippen MR) is 97.4 cm³/mol. The fraction of sp³-hybridized carbons (Fsp3) is 0.727. The molecule has 0 aromatic heterocycles. The number of rotatable bonds is 5. The molecule has 1 nitrogen and oxygen atoms in total. The summed E-state index contributed by atoms with van der Waals surface area (Å²) in [6, 6.07) is 5.44. The van der Waals surface area contributed by atoms with Crippen LogP contribution in [0.2, 0.25) is 0 Å². The van der Waals surface area contributed by atoms with Crippen molar-refractivity contribution in [3.8, 4) is 0 Å². The summed E-state index contributed by atoms with van der Waals surface area (Å²) in [4.78, 5) is 0. The molecular weight excluding hydrogens is 299 g/mol. The second-order valence-electron chi connectivity index (χ2n) is 8.19. The van der Waals surface area contributed by atoms with E-state index in [9.17, 15) is 4.39 Å². The standard InChI is InChI=1S/C22H33FO/c1-2-3-16-4-6-17(7-5-16)18-8-10-19(11-9-18)20-12-13-21(15-24)22(23)14-20/h12-14,16-19,24H,2-11,15H2,1H3/t16-,17-,18-,19-. The van der Waals surface area contributed by atoms with Crippen molar-refractivity contribution in [2.75, 3.05) is 0 Å². The molecule has 3 rings (SSSR count). The minimum absolute atomic E-state index is 0.209. The van der Waals surface area contributed by atoms with Crippen molar-refractivity contribution in [1.82, 2.24) is 0 Å². The van der Waals surface area contributed by atoms with Gasteiger partial charge in [0.05, 0.1) is 6.61 Å². The van der Waals surface area contributed by atoms with Gasteiger partial charge in [-0.2, -0.15) is 0 Å². The first kappa shape index (κ1) is 17.9. The largest absolute Gasteiger partial charge is 0.392 e. The maximum absolute atomic E-state index is 13.9. The fourth-order valence-electron chi connectivity index (χ4n) is 5.23. The lowest BCUT2D eigenvalue weighted by Gasteiger charge is -2.38. The van der Waals surface area contributed by atoms with E-state index in [2.05, 4.69) is 6.92 Å². The molecule has 2 aliphatic rings. The van der Waals surface area contributed by atoms with Crippen LogP contribution in [-0.2, 0) is 6.61 Å². The Morgan fingerprint density at radius 3 is 2.12 bits per heavy atom. The van der Waals surface area contributed by atoms with Crippen LogP contribution in [-0.4, -0.2) is 5.11 Å². The molecule has 2 fully saturated rings. The zero-order chi connectivity index (χ0) is 16.9. The van der Waals surface area contributed by atoms with E-state index in [1.165, 1.54) is 64.2 Å². The molecule has 0 spiro atoms. The van der Waals surface area contributed by atoms with Crippen LogP contribution in [0.1, 0.15) is 88.2 Å². The van der Waals surface area contributed by atoms with Gasteiger partial charge in [0, 0.05) is 5.56 Å². The van der Waals surface area contributed by atoms with Crippen LogP contribution in [0.3, 0.4) is 0 Å². The molecule has 1 aromatic rings. The van der Waals surface area contributed by atoms with E-state index in [0.29, 0.717) is 11.5 Å². The zero-order valence-electron chi connectivity index (χ0n) is 15.1. The monoisotopic (exact) mass is 332 g/mol. The average Bonchev–Trinajstić information content (AvgIpc) is 2.63. The molecule has 0 amide bonds. The van der Waals surface area contributed by atoms with E-state index in [1.54, 1.807) is 12.1 Å². The molecule has 0 heterocycles. The minimum atomic E-state index is -0.244. The maximum Gasteiger partial charge on any atom is 0.128 e. The first-order valence-electron chi connectivity index (χ1n) is 10.1. The van der Waals surface area contributed by atoms with Crippen LogP contribution in [0.15, 0.2) is 18.2 Å². The lowest BCUT2D eigenvalue weighted by atomic mass is 9.68. The van der Waals surface area contributed by atoms with Gasteiger partial charge in [0.15, 0.2) is 0 Å². The molecule has 2 aliphatic carbocycles. The summed E-state index contributed by atoms with van der Waals surface area (Å²) in [6.45, 7) is 2.10. The van der Waals surface area contributed by atoms with E-state index in [0.717, 1.165) is 23.3 Å². The molecule has 1 N–H and O–H groups in total. The highest BCUT2D eigenvalue weighted by atomic mass is 19.1. The van der Waals surface area contributed by atoms with Crippen LogP contribution >= 0.6 is 0 Å². The highest BCUT2D eigenvalue weighted by Crippen LogP contribution is 2.44. The summed E-state index contributed by atoms with van der Waals surface area (Å²) in [5.41, 5.74) is 1.55. The van der Waals surface area contributed by atoms with Gasteiger partial charge in [-0.25, -0.2) is 4.39 Å². The Bertz CT molecular complexity index is 511. The highest BCUT2D eigenvalue weighted by Gasteiger charge is 2.31. The average molecular weight is 333 g/mol. The third-order valence-corrected chi connectivity index (χ3v) is 6.75. The molecule has 0 aliphatic heterocycles. The molecule has 0 bridgehead atoms. The molecule has 0 saturated heterocycles. The zero-order valence-corrected chi connectivity index (χ0v) is 15.1. The van der Waals surface area contributed by atoms with Gasteiger partial charge in [-0.05, 0) is 73.8 Å². The number of benzene rings is 1. The summed E-state index contributed by atoms with van der Waals surface area (Å²) in [5.74, 6) is 3.12. The highest BCUT2D eigenvalue weighted by molar-refractivity contribution is 5.27. The lowest BCUT2D eigenvalue weighted by Crippen LogP contribution is -2.25. The van der Waals surface area contributed by atoms with Crippen molar-refractivity contribution in [2.45, 2.75) is 83.7 Å². The van der Waals surface area contributed by atoms with E-state index < -0.39 is 0 Å². The van der Waals surface area contributed by atoms with Crippen molar-refractivity contribution in [3.63, 3.8) is 0 Å². The first-order valence-corrected chi connectivity index (χ1v) is 10.1. The van der Waals surface area contributed by atoms with Crippen LogP contribution < -0.4 is 0 Å². The van der Waals surface area contributed by atoms with Gasteiger partial charge in [-0.15, -0.1) is 0 Å². The Kier molecular flexibility index (Phi) is 6.32. The van der Waals surface area contributed by atoms with Gasteiger partial charge < -0.3 is 5.11 Å². The van der Waals surface area contributed by atoms with E-state index in [1.807, 2.05) is 6.07 Å². The topological polar surface area (TPSA) is 20.2 Å². The minimum Gasteiger partial charge on any atom is -0.392 e. The van der Waals surface area contributed by atoms with Crippen LogP contribution in [0.4, 0.5) is 4.39 Å². The smallest absolute Gasteiger partial charge is 0.128 e. The number of halogens is 1. The molecule has 0 atom stereocenters. The third-order valence-electron chi connectivity index (χ3n) is 6.75. The Morgan fingerprint density at radius 1 is 0.958 bits per heavy atom. The molecule has 134 valence electrons. The van der Waals surface area contributed by atoms with Crippen LogP contribution in [0.25, 0.3) is 0 Å². The molecular formula is C22H33FO. The van der Waals surface area contributed by atoms with Gasteiger partial charge in [0.2, 0.25) is 0 Å². The van der Waals surface area contributed by atoms with Crippen molar-refractivity contribution in [1.29, 1.82) is 0 Å². The number of aliphatic hydroxyl groups excluding tert-OH is 1. The Balaban J connectivity index is 1.50. The molecule has 0 radical (unpaired) electrons. The third kappa shape index (κ3) is 4.20. The van der Waals surface area contributed by atoms with Gasteiger partial charge in [0.25, 0.3) is 0 Å². The van der Waals surface area contributed by atoms with Gasteiger partial charge >= 0.3 is 0 Å². The molecule has 0 unspecified atom stereocenters. The predicted octanol–water partition coefficient (Wildman–Crippen LogP) is 6.20. The number of hydrogen-bond donors (Lipinski definition) is 1. The summed E-state index contributed by atoms with van der Waals surface area (Å²) < 4.78 is 13.9. The van der Waals surface area contributed by atoms with Crippen molar-refractivity contribution < 1.29 is 9.50 Å². The SMILES string of the molecule is CCC[C@H]1CC[C@H]([C@H]2CC[C@H](c3ccc(CO)c(F)c3)CC2)CC1.